The van der Waals surface area contributed by atoms with Gasteiger partial charge in [0.25, 0.3) is 5.56 Å². The molecule has 13 heteroatoms. The lowest BCUT2D eigenvalue weighted by atomic mass is 10.0. The molecule has 0 saturated heterocycles. The molecule has 11 nitrogen and oxygen atoms in total. The van der Waals surface area contributed by atoms with Gasteiger partial charge in [-0.25, -0.2) is 17.8 Å². The molecule has 0 unspecified atom stereocenters. The molecule has 206 valence electrons. The lowest BCUT2D eigenvalue weighted by molar-refractivity contribution is 0.234. The standard InChI is InChI=1S/C28H20FN5O6S/c1-32(41(2,36)37)20-12-23-16(24-26(35)31-28-33(8-9-38-28)27(24)40-23)10-15(20)18-6-7-22-25(30-18)21-11-14-17(29)4-3-5-19(14)34(21)13-39-22/h3-7,10-12H,8-9,13H2,1-2H3. The summed E-state index contributed by atoms with van der Waals surface area (Å²) in [6, 6.07) is 13.5. The molecule has 0 saturated carbocycles. The van der Waals surface area contributed by atoms with E-state index in [4.69, 9.17) is 18.9 Å². The van der Waals surface area contributed by atoms with Gasteiger partial charge in [0.05, 0.1) is 35.4 Å². The molecule has 0 fully saturated rings. The number of halogens is 1. The van der Waals surface area contributed by atoms with E-state index in [0.717, 1.165) is 10.6 Å². The van der Waals surface area contributed by atoms with E-state index < -0.39 is 15.6 Å². The zero-order valence-electron chi connectivity index (χ0n) is 21.7. The van der Waals surface area contributed by atoms with Gasteiger partial charge in [-0.1, -0.05) is 6.07 Å². The summed E-state index contributed by atoms with van der Waals surface area (Å²) in [4.78, 5) is 22.0. The highest BCUT2D eigenvalue weighted by molar-refractivity contribution is 7.92. The average molecular weight is 574 g/mol. The monoisotopic (exact) mass is 573 g/mol. The third-order valence-corrected chi connectivity index (χ3v) is 8.87. The van der Waals surface area contributed by atoms with Gasteiger partial charge in [0.15, 0.2) is 6.73 Å². The Morgan fingerprint density at radius 2 is 1.88 bits per heavy atom. The van der Waals surface area contributed by atoms with Crippen molar-refractivity contribution >= 4 is 48.7 Å². The second-order valence-electron chi connectivity index (χ2n) is 10.0. The van der Waals surface area contributed by atoms with Crippen molar-refractivity contribution in [2.24, 2.45) is 0 Å². The molecule has 41 heavy (non-hydrogen) atoms. The Morgan fingerprint density at radius 3 is 2.71 bits per heavy atom. The first-order chi connectivity index (χ1) is 19.7. The summed E-state index contributed by atoms with van der Waals surface area (Å²) in [5.74, 6) is 0.156. The minimum Gasteiger partial charge on any atom is -0.470 e. The molecule has 6 heterocycles. The molecule has 2 aliphatic heterocycles. The predicted octanol–water partition coefficient (Wildman–Crippen LogP) is 4.10. The van der Waals surface area contributed by atoms with Gasteiger partial charge in [-0.3, -0.25) is 13.7 Å². The highest BCUT2D eigenvalue weighted by atomic mass is 32.2. The van der Waals surface area contributed by atoms with Gasteiger partial charge in [-0.05, 0) is 36.4 Å². The Labute approximate surface area is 231 Å². The van der Waals surface area contributed by atoms with Crippen LogP contribution in [0.15, 0.2) is 57.7 Å². The summed E-state index contributed by atoms with van der Waals surface area (Å²) >= 11 is 0. The van der Waals surface area contributed by atoms with E-state index in [1.165, 1.54) is 13.1 Å². The van der Waals surface area contributed by atoms with Crippen LogP contribution in [0.3, 0.4) is 0 Å². The number of benzene rings is 2. The fourth-order valence-electron chi connectivity index (χ4n) is 5.60. The van der Waals surface area contributed by atoms with Crippen molar-refractivity contribution in [3.05, 3.63) is 64.7 Å². The summed E-state index contributed by atoms with van der Waals surface area (Å²) in [7, 11) is -2.26. The maximum Gasteiger partial charge on any atom is 0.302 e. The molecule has 0 bridgehead atoms. The van der Waals surface area contributed by atoms with Gasteiger partial charge >= 0.3 is 6.01 Å². The quantitative estimate of drug-likeness (QED) is 0.310. The molecule has 0 spiro atoms. The molecule has 2 aliphatic rings. The van der Waals surface area contributed by atoms with Gasteiger partial charge in [-0.2, -0.15) is 4.98 Å². The highest BCUT2D eigenvalue weighted by Crippen LogP contribution is 2.42. The van der Waals surface area contributed by atoms with Crippen LogP contribution in [0, 0.1) is 5.82 Å². The van der Waals surface area contributed by atoms with Gasteiger partial charge in [0.1, 0.15) is 34.8 Å². The van der Waals surface area contributed by atoms with E-state index in [0.29, 0.717) is 74.8 Å². The summed E-state index contributed by atoms with van der Waals surface area (Å²) in [6.45, 7) is 1.01. The van der Waals surface area contributed by atoms with Crippen LogP contribution in [-0.2, 0) is 23.3 Å². The van der Waals surface area contributed by atoms with Crippen molar-refractivity contribution in [1.29, 1.82) is 0 Å². The average Bonchev–Trinajstić information content (AvgIpc) is 3.66. The van der Waals surface area contributed by atoms with Crippen molar-refractivity contribution < 1.29 is 26.7 Å². The van der Waals surface area contributed by atoms with E-state index in [9.17, 15) is 17.6 Å². The lowest BCUT2D eigenvalue weighted by Crippen LogP contribution is -2.25. The molecular weight excluding hydrogens is 553 g/mol. The number of sulfonamides is 1. The summed E-state index contributed by atoms with van der Waals surface area (Å²) < 4.78 is 62.2. The second kappa shape index (κ2) is 8.07. The number of ether oxygens (including phenoxy) is 2. The fourth-order valence-corrected chi connectivity index (χ4v) is 6.11. The number of hydrogen-bond acceptors (Lipinski definition) is 8. The maximum absolute atomic E-state index is 14.6. The van der Waals surface area contributed by atoms with E-state index in [2.05, 4.69) is 4.98 Å². The number of fused-ring (bicyclic) bond motifs is 10. The smallest absolute Gasteiger partial charge is 0.302 e. The molecule has 0 atom stereocenters. The Morgan fingerprint density at radius 1 is 1.02 bits per heavy atom. The number of pyridine rings is 1. The summed E-state index contributed by atoms with van der Waals surface area (Å²) in [5.41, 5.74) is 3.08. The number of anilines is 1. The normalized spacial score (nSPS) is 14.1. The highest BCUT2D eigenvalue weighted by Gasteiger charge is 2.28. The predicted molar refractivity (Wildman–Crippen MR) is 149 cm³/mol. The molecule has 0 aliphatic carbocycles. The van der Waals surface area contributed by atoms with E-state index in [1.54, 1.807) is 41.0 Å². The largest absolute Gasteiger partial charge is 0.470 e. The van der Waals surface area contributed by atoms with Crippen molar-refractivity contribution in [2.45, 2.75) is 13.3 Å². The first-order valence-corrected chi connectivity index (χ1v) is 14.5. The zero-order chi connectivity index (χ0) is 28.2. The number of nitrogens with zero attached hydrogens (tertiary/aromatic N) is 5. The second-order valence-corrected chi connectivity index (χ2v) is 12.0. The van der Waals surface area contributed by atoms with Gasteiger partial charge < -0.3 is 18.5 Å². The number of furan rings is 1. The SMILES string of the molecule is CN(c1cc2oc3c(c(=O)nc4n3CCO4)c2cc1-c1ccc2c(n1)-c1cc3c(F)cccc3n1CO2)S(C)(=O)=O. The minimum absolute atomic E-state index is 0.179. The molecular formula is C28H20FN5O6S. The van der Waals surface area contributed by atoms with Crippen LogP contribution in [0.2, 0.25) is 0 Å². The molecule has 6 aromatic rings. The Balaban J connectivity index is 1.41. The van der Waals surface area contributed by atoms with Crippen LogP contribution in [0.25, 0.3) is 55.6 Å². The number of aromatic nitrogens is 4. The van der Waals surface area contributed by atoms with Crippen molar-refractivity contribution in [3.8, 4) is 34.4 Å². The molecule has 0 amide bonds. The van der Waals surface area contributed by atoms with Crippen molar-refractivity contribution in [1.82, 2.24) is 19.1 Å². The molecule has 0 radical (unpaired) electrons. The van der Waals surface area contributed by atoms with Crippen LogP contribution in [-0.4, -0.2) is 47.4 Å². The van der Waals surface area contributed by atoms with Crippen molar-refractivity contribution in [2.75, 3.05) is 24.2 Å². The fraction of sp³-hybridized carbons (Fsp3) is 0.179. The summed E-state index contributed by atoms with van der Waals surface area (Å²) in [6.07, 6.45) is 1.10. The zero-order valence-corrected chi connectivity index (χ0v) is 22.5. The molecule has 2 aromatic carbocycles. The minimum atomic E-state index is -3.70. The third-order valence-electron chi connectivity index (χ3n) is 7.68. The van der Waals surface area contributed by atoms with E-state index in [-0.39, 0.29) is 23.9 Å². The van der Waals surface area contributed by atoms with E-state index in [1.807, 2.05) is 10.6 Å². The van der Waals surface area contributed by atoms with Crippen LogP contribution >= 0.6 is 0 Å². The van der Waals surface area contributed by atoms with Crippen LogP contribution in [0.5, 0.6) is 11.8 Å². The number of hydrogen-bond donors (Lipinski definition) is 0. The van der Waals surface area contributed by atoms with Crippen LogP contribution < -0.4 is 19.3 Å². The first-order valence-electron chi connectivity index (χ1n) is 12.7. The first kappa shape index (κ1) is 23.9. The summed E-state index contributed by atoms with van der Waals surface area (Å²) in [5, 5.41) is 1.17. The third kappa shape index (κ3) is 3.35. The molecule has 0 N–H and O–H groups in total. The van der Waals surface area contributed by atoms with Gasteiger partial charge in [-0.15, -0.1) is 0 Å². The Hall–Kier alpha value is -4.91. The Kier molecular flexibility index (Phi) is 4.71. The lowest BCUT2D eigenvalue weighted by Gasteiger charge is -2.23. The Bertz CT molecular complexity index is 2290. The topological polar surface area (TPSA) is 122 Å². The number of rotatable bonds is 3. The molecule has 4 aromatic heterocycles. The van der Waals surface area contributed by atoms with Gasteiger partial charge in [0.2, 0.25) is 15.7 Å². The van der Waals surface area contributed by atoms with Crippen LogP contribution in [0.1, 0.15) is 0 Å². The maximum atomic E-state index is 14.6. The van der Waals surface area contributed by atoms with Crippen LogP contribution in [0.4, 0.5) is 10.1 Å². The van der Waals surface area contributed by atoms with Gasteiger partial charge in [0, 0.05) is 29.4 Å². The molecule has 8 rings (SSSR count). The van der Waals surface area contributed by atoms with E-state index >= 15 is 0 Å². The van der Waals surface area contributed by atoms with Crippen molar-refractivity contribution in [3.63, 3.8) is 0 Å².